The van der Waals surface area contributed by atoms with Crippen LogP contribution in [0.2, 0.25) is 0 Å². The summed E-state index contributed by atoms with van der Waals surface area (Å²) in [6, 6.07) is 0. The quantitative estimate of drug-likeness (QED) is 0.685. The van der Waals surface area contributed by atoms with Crippen LogP contribution in [0.25, 0.3) is 0 Å². The van der Waals surface area contributed by atoms with Crippen LogP contribution in [0.15, 0.2) is 6.20 Å². The third-order valence-corrected chi connectivity index (χ3v) is 1.59. The largest absolute Gasteiger partial charge is 0.392 e. The van der Waals surface area contributed by atoms with E-state index in [-0.39, 0.29) is 6.61 Å². The Bertz CT molecular complexity index is 218. The van der Waals surface area contributed by atoms with Crippen molar-refractivity contribution in [1.29, 1.82) is 0 Å². The van der Waals surface area contributed by atoms with E-state index in [1.165, 1.54) is 0 Å². The number of aromatic nitrogens is 2. The Kier molecular flexibility index (Phi) is 2.65. The fourth-order valence-corrected chi connectivity index (χ4v) is 1.06. The lowest BCUT2D eigenvalue weighted by molar-refractivity contribution is 0.280. The Labute approximate surface area is 66.4 Å². The Morgan fingerprint density at radius 2 is 2.36 bits per heavy atom. The molecule has 1 heterocycles. The predicted octanol–water partition coefficient (Wildman–Crippen LogP) is 1.10. The van der Waals surface area contributed by atoms with Crippen LogP contribution in [0.5, 0.6) is 0 Å². The lowest BCUT2D eigenvalue weighted by Crippen LogP contribution is -1.98. The van der Waals surface area contributed by atoms with Gasteiger partial charge in [0.1, 0.15) is 0 Å². The van der Waals surface area contributed by atoms with Crippen molar-refractivity contribution in [3.8, 4) is 0 Å². The molecule has 3 nitrogen and oxygen atoms in total. The van der Waals surface area contributed by atoms with E-state index < -0.39 is 0 Å². The van der Waals surface area contributed by atoms with Crippen LogP contribution in [0.3, 0.4) is 0 Å². The summed E-state index contributed by atoms with van der Waals surface area (Å²) >= 11 is 0. The molecule has 1 aromatic heterocycles. The zero-order valence-electron chi connectivity index (χ0n) is 6.96. The molecule has 11 heavy (non-hydrogen) atoms. The molecule has 0 saturated heterocycles. The van der Waals surface area contributed by atoms with Gasteiger partial charge >= 0.3 is 0 Å². The molecule has 1 rings (SSSR count). The molecule has 0 aliphatic heterocycles. The van der Waals surface area contributed by atoms with Crippen LogP contribution >= 0.6 is 0 Å². The van der Waals surface area contributed by atoms with Gasteiger partial charge in [-0.2, -0.15) is 5.10 Å². The molecule has 0 aromatic carbocycles. The summed E-state index contributed by atoms with van der Waals surface area (Å²) in [6.07, 6.45) is 2.63. The maximum atomic E-state index is 8.86. The SMILES string of the molecule is CC(C)Cc1[nH]ncc1CO. The first-order valence-corrected chi connectivity index (χ1v) is 3.86. The number of nitrogens with one attached hydrogen (secondary N) is 1. The van der Waals surface area contributed by atoms with Crippen molar-refractivity contribution >= 4 is 0 Å². The normalized spacial score (nSPS) is 10.9. The van der Waals surface area contributed by atoms with Gasteiger partial charge in [0, 0.05) is 11.3 Å². The molecular weight excluding hydrogens is 140 g/mol. The first-order valence-electron chi connectivity index (χ1n) is 3.86. The second kappa shape index (κ2) is 3.53. The van der Waals surface area contributed by atoms with Crippen LogP contribution in [-0.4, -0.2) is 15.3 Å². The Balaban J connectivity index is 2.68. The van der Waals surface area contributed by atoms with E-state index in [9.17, 15) is 0 Å². The number of rotatable bonds is 3. The summed E-state index contributed by atoms with van der Waals surface area (Å²) in [5.41, 5.74) is 1.97. The minimum Gasteiger partial charge on any atom is -0.392 e. The van der Waals surface area contributed by atoms with Gasteiger partial charge in [-0.3, -0.25) is 5.10 Å². The molecule has 0 atom stereocenters. The zero-order valence-corrected chi connectivity index (χ0v) is 6.96. The average molecular weight is 154 g/mol. The smallest absolute Gasteiger partial charge is 0.0715 e. The van der Waals surface area contributed by atoms with Crippen molar-refractivity contribution in [3.05, 3.63) is 17.5 Å². The van der Waals surface area contributed by atoms with Crippen molar-refractivity contribution < 1.29 is 5.11 Å². The van der Waals surface area contributed by atoms with E-state index in [4.69, 9.17) is 5.11 Å². The number of hydrogen-bond acceptors (Lipinski definition) is 2. The van der Waals surface area contributed by atoms with Crippen LogP contribution in [-0.2, 0) is 13.0 Å². The van der Waals surface area contributed by atoms with Gasteiger partial charge in [-0.15, -0.1) is 0 Å². The van der Waals surface area contributed by atoms with Gasteiger partial charge in [0.25, 0.3) is 0 Å². The van der Waals surface area contributed by atoms with Crippen LogP contribution in [0, 0.1) is 5.92 Å². The number of aromatic amines is 1. The topological polar surface area (TPSA) is 48.9 Å². The third kappa shape index (κ3) is 2.05. The van der Waals surface area contributed by atoms with Crippen molar-refractivity contribution in [2.24, 2.45) is 5.92 Å². The standard InChI is InChI=1S/C8H14N2O/c1-6(2)3-8-7(5-11)4-9-10-8/h4,6,11H,3,5H2,1-2H3,(H,9,10). The molecule has 0 aliphatic rings. The molecule has 3 heteroatoms. The highest BCUT2D eigenvalue weighted by Gasteiger charge is 2.04. The lowest BCUT2D eigenvalue weighted by Gasteiger charge is -2.02. The third-order valence-electron chi connectivity index (χ3n) is 1.59. The molecule has 0 aliphatic carbocycles. The van der Waals surface area contributed by atoms with Crippen molar-refractivity contribution in [1.82, 2.24) is 10.2 Å². The summed E-state index contributed by atoms with van der Waals surface area (Å²) in [5.74, 6) is 0.598. The minimum absolute atomic E-state index is 0.0819. The van der Waals surface area contributed by atoms with Gasteiger partial charge in [-0.1, -0.05) is 13.8 Å². The van der Waals surface area contributed by atoms with E-state index in [1.807, 2.05) is 0 Å². The van der Waals surface area contributed by atoms with Crippen molar-refractivity contribution in [2.75, 3.05) is 0 Å². The summed E-state index contributed by atoms with van der Waals surface area (Å²) in [7, 11) is 0. The predicted molar refractivity (Wildman–Crippen MR) is 43.1 cm³/mol. The molecule has 0 bridgehead atoms. The van der Waals surface area contributed by atoms with Gasteiger partial charge in [0.05, 0.1) is 12.8 Å². The number of nitrogens with zero attached hydrogens (tertiary/aromatic N) is 1. The molecule has 62 valence electrons. The van der Waals surface area contributed by atoms with Crippen LogP contribution < -0.4 is 0 Å². The molecular formula is C8H14N2O. The highest BCUT2D eigenvalue weighted by molar-refractivity contribution is 5.15. The zero-order chi connectivity index (χ0) is 8.27. The van der Waals surface area contributed by atoms with E-state index in [2.05, 4.69) is 24.0 Å². The number of aliphatic hydroxyl groups excluding tert-OH is 1. The van der Waals surface area contributed by atoms with Gasteiger partial charge < -0.3 is 5.11 Å². The lowest BCUT2D eigenvalue weighted by atomic mass is 10.1. The fraction of sp³-hybridized carbons (Fsp3) is 0.625. The Morgan fingerprint density at radius 3 is 2.91 bits per heavy atom. The van der Waals surface area contributed by atoms with Crippen LogP contribution in [0.1, 0.15) is 25.1 Å². The molecule has 2 N–H and O–H groups in total. The molecule has 0 spiro atoms. The van der Waals surface area contributed by atoms with E-state index in [1.54, 1.807) is 6.20 Å². The van der Waals surface area contributed by atoms with Gasteiger partial charge in [-0.05, 0) is 12.3 Å². The molecule has 1 aromatic rings. The van der Waals surface area contributed by atoms with Crippen molar-refractivity contribution in [2.45, 2.75) is 26.9 Å². The molecule has 0 radical (unpaired) electrons. The average Bonchev–Trinajstić information content (AvgIpc) is 2.34. The second-order valence-corrected chi connectivity index (χ2v) is 3.13. The first-order chi connectivity index (χ1) is 5.24. The van der Waals surface area contributed by atoms with E-state index >= 15 is 0 Å². The fourth-order valence-electron chi connectivity index (χ4n) is 1.06. The number of H-pyrrole nitrogens is 1. The van der Waals surface area contributed by atoms with Gasteiger partial charge in [0.15, 0.2) is 0 Å². The molecule has 0 amide bonds. The Morgan fingerprint density at radius 1 is 1.64 bits per heavy atom. The monoisotopic (exact) mass is 154 g/mol. The molecule has 0 fully saturated rings. The summed E-state index contributed by atoms with van der Waals surface area (Å²) in [6.45, 7) is 4.36. The maximum absolute atomic E-state index is 8.86. The van der Waals surface area contributed by atoms with Crippen molar-refractivity contribution in [3.63, 3.8) is 0 Å². The molecule has 0 saturated carbocycles. The summed E-state index contributed by atoms with van der Waals surface area (Å²) in [5, 5.41) is 15.6. The minimum atomic E-state index is 0.0819. The Hall–Kier alpha value is -0.830. The second-order valence-electron chi connectivity index (χ2n) is 3.13. The van der Waals surface area contributed by atoms with E-state index in [0.29, 0.717) is 5.92 Å². The van der Waals surface area contributed by atoms with Crippen LogP contribution in [0.4, 0.5) is 0 Å². The summed E-state index contributed by atoms with van der Waals surface area (Å²) < 4.78 is 0. The maximum Gasteiger partial charge on any atom is 0.0715 e. The number of hydrogen-bond donors (Lipinski definition) is 2. The highest BCUT2D eigenvalue weighted by atomic mass is 16.3. The van der Waals surface area contributed by atoms with Gasteiger partial charge in [-0.25, -0.2) is 0 Å². The number of aliphatic hydroxyl groups is 1. The summed E-state index contributed by atoms with van der Waals surface area (Å²) in [4.78, 5) is 0. The first kappa shape index (κ1) is 8.27. The van der Waals surface area contributed by atoms with Gasteiger partial charge in [0.2, 0.25) is 0 Å². The highest BCUT2D eigenvalue weighted by Crippen LogP contribution is 2.09. The molecule has 0 unspecified atom stereocenters. The van der Waals surface area contributed by atoms with E-state index in [0.717, 1.165) is 17.7 Å².